The fourth-order valence-electron chi connectivity index (χ4n) is 3.99. The van der Waals surface area contributed by atoms with Crippen LogP contribution in [-0.4, -0.2) is 50.7 Å². The van der Waals surface area contributed by atoms with Gasteiger partial charge in [0.2, 0.25) is 0 Å². The highest BCUT2D eigenvalue weighted by atomic mass is 16.8. The Labute approximate surface area is 169 Å². The molecule has 1 fully saturated rings. The quantitative estimate of drug-likeness (QED) is 0.713. The predicted molar refractivity (Wildman–Crippen MR) is 111 cm³/mol. The Morgan fingerprint density at radius 3 is 2.57 bits per heavy atom. The summed E-state index contributed by atoms with van der Waals surface area (Å²) >= 11 is 0. The Bertz CT molecular complexity index is 631. The third kappa shape index (κ3) is 5.65. The number of hydrogen-bond acceptors (Lipinski definition) is 5. The average Bonchev–Trinajstić information content (AvgIpc) is 2.70. The van der Waals surface area contributed by atoms with Gasteiger partial charge in [-0.3, -0.25) is 0 Å². The van der Waals surface area contributed by atoms with Crippen molar-refractivity contribution in [1.29, 1.82) is 0 Å². The first-order valence-electron chi connectivity index (χ1n) is 9.91. The summed E-state index contributed by atoms with van der Waals surface area (Å²) in [5.41, 5.74) is 2.84. The maximum atomic E-state index is 10.4. The van der Waals surface area contributed by atoms with Crippen molar-refractivity contribution < 1.29 is 24.1 Å². The van der Waals surface area contributed by atoms with Gasteiger partial charge in [0, 0.05) is 27.2 Å². The minimum Gasteiger partial charge on any atom is -0.389 e. The topological polar surface area (TPSA) is 57.2 Å². The molecule has 5 unspecified atom stereocenters. The van der Waals surface area contributed by atoms with Crippen molar-refractivity contribution in [3.05, 3.63) is 47.6 Å². The number of methoxy groups -OCH3 is 3. The number of allylic oxidation sites excluding steroid dienone is 3. The van der Waals surface area contributed by atoms with Gasteiger partial charge >= 0.3 is 0 Å². The highest BCUT2D eigenvalue weighted by Gasteiger charge is 2.43. The van der Waals surface area contributed by atoms with E-state index in [2.05, 4.69) is 19.6 Å². The van der Waals surface area contributed by atoms with Gasteiger partial charge in [-0.05, 0) is 51.5 Å². The summed E-state index contributed by atoms with van der Waals surface area (Å²) in [7, 11) is 4.98. The Morgan fingerprint density at radius 1 is 1.25 bits per heavy atom. The first-order chi connectivity index (χ1) is 13.2. The molecule has 5 nitrogen and oxygen atoms in total. The molecule has 158 valence electrons. The molecule has 0 bridgehead atoms. The van der Waals surface area contributed by atoms with E-state index >= 15 is 0 Å². The number of rotatable bonds is 5. The molecule has 0 aromatic carbocycles. The van der Waals surface area contributed by atoms with Crippen LogP contribution >= 0.6 is 0 Å². The molecular formula is C23H36O5. The van der Waals surface area contributed by atoms with E-state index in [-0.39, 0.29) is 17.4 Å². The molecule has 1 aliphatic carbocycles. The summed E-state index contributed by atoms with van der Waals surface area (Å²) in [6, 6.07) is 0. The molecule has 0 radical (unpaired) electrons. The summed E-state index contributed by atoms with van der Waals surface area (Å²) < 4.78 is 22.9. The Hall–Kier alpha value is -1.24. The first-order valence-corrected chi connectivity index (χ1v) is 9.91. The molecule has 2 rings (SSSR count). The van der Waals surface area contributed by atoms with Gasteiger partial charge in [0.25, 0.3) is 0 Å². The molecule has 5 heteroatoms. The maximum Gasteiger partial charge on any atom is 0.183 e. The Morgan fingerprint density at radius 2 is 1.96 bits per heavy atom. The molecule has 0 saturated carbocycles. The van der Waals surface area contributed by atoms with Gasteiger partial charge in [0.1, 0.15) is 0 Å². The van der Waals surface area contributed by atoms with Crippen LogP contribution in [0.3, 0.4) is 0 Å². The lowest BCUT2D eigenvalue weighted by molar-refractivity contribution is -0.256. The van der Waals surface area contributed by atoms with Crippen LogP contribution in [0.2, 0.25) is 0 Å². The van der Waals surface area contributed by atoms with E-state index in [1.807, 2.05) is 32.1 Å². The SMILES string of the molecule is C=C1CC(O)C=C(C)CCC2C(=CC=CC(C)(C)OC)C(OC)OC(OC)C12. The van der Waals surface area contributed by atoms with Crippen molar-refractivity contribution in [1.82, 2.24) is 0 Å². The van der Waals surface area contributed by atoms with Crippen LogP contribution in [-0.2, 0) is 18.9 Å². The van der Waals surface area contributed by atoms with E-state index < -0.39 is 18.7 Å². The van der Waals surface area contributed by atoms with Crippen molar-refractivity contribution in [2.24, 2.45) is 11.8 Å². The van der Waals surface area contributed by atoms with Crippen LogP contribution in [0.5, 0.6) is 0 Å². The number of ether oxygens (including phenoxy) is 4. The van der Waals surface area contributed by atoms with Crippen LogP contribution in [0.25, 0.3) is 0 Å². The van der Waals surface area contributed by atoms with E-state index in [0.717, 1.165) is 24.0 Å². The fraction of sp³-hybridized carbons (Fsp3) is 0.652. The molecular weight excluding hydrogens is 356 g/mol. The van der Waals surface area contributed by atoms with Gasteiger partial charge in [-0.1, -0.05) is 42.0 Å². The lowest BCUT2D eigenvalue weighted by atomic mass is 9.75. The highest BCUT2D eigenvalue weighted by molar-refractivity contribution is 5.27. The third-order valence-electron chi connectivity index (χ3n) is 5.71. The minimum atomic E-state index is -0.529. The monoisotopic (exact) mass is 392 g/mol. The zero-order valence-electron chi connectivity index (χ0n) is 18.1. The summed E-state index contributed by atoms with van der Waals surface area (Å²) in [6.45, 7) is 10.4. The zero-order chi connectivity index (χ0) is 20.9. The molecule has 1 N–H and O–H groups in total. The van der Waals surface area contributed by atoms with Gasteiger partial charge < -0.3 is 24.1 Å². The molecule has 0 aromatic rings. The van der Waals surface area contributed by atoms with Crippen LogP contribution in [0, 0.1) is 11.8 Å². The third-order valence-corrected chi connectivity index (χ3v) is 5.71. The van der Waals surface area contributed by atoms with E-state index in [9.17, 15) is 5.11 Å². The lowest BCUT2D eigenvalue weighted by Gasteiger charge is -2.43. The number of aliphatic hydroxyl groups is 1. The van der Waals surface area contributed by atoms with Crippen molar-refractivity contribution in [2.45, 2.75) is 64.3 Å². The second-order valence-electron chi connectivity index (χ2n) is 8.25. The maximum absolute atomic E-state index is 10.4. The van der Waals surface area contributed by atoms with Gasteiger partial charge in [0.15, 0.2) is 12.6 Å². The van der Waals surface area contributed by atoms with E-state index in [0.29, 0.717) is 6.42 Å². The van der Waals surface area contributed by atoms with Gasteiger partial charge in [-0.2, -0.15) is 0 Å². The Kier molecular flexibility index (Phi) is 8.22. The van der Waals surface area contributed by atoms with Crippen molar-refractivity contribution in [3.63, 3.8) is 0 Å². The van der Waals surface area contributed by atoms with Crippen LogP contribution in [0.1, 0.15) is 40.0 Å². The largest absolute Gasteiger partial charge is 0.389 e. The molecule has 2 aliphatic rings. The molecule has 1 saturated heterocycles. The van der Waals surface area contributed by atoms with Gasteiger partial charge in [0.05, 0.1) is 11.7 Å². The number of aliphatic hydroxyl groups excluding tert-OH is 1. The van der Waals surface area contributed by atoms with Gasteiger partial charge in [-0.15, -0.1) is 0 Å². The normalized spacial score (nSPS) is 34.0. The average molecular weight is 393 g/mol. The van der Waals surface area contributed by atoms with Gasteiger partial charge in [-0.25, -0.2) is 0 Å². The molecule has 0 aromatic heterocycles. The molecule has 1 aliphatic heterocycles. The van der Waals surface area contributed by atoms with Crippen LogP contribution in [0.15, 0.2) is 47.6 Å². The second kappa shape index (κ2) is 9.99. The molecule has 28 heavy (non-hydrogen) atoms. The van der Waals surface area contributed by atoms with Crippen molar-refractivity contribution in [2.75, 3.05) is 21.3 Å². The molecule has 5 atom stereocenters. The van der Waals surface area contributed by atoms with Crippen LogP contribution < -0.4 is 0 Å². The van der Waals surface area contributed by atoms with E-state index in [4.69, 9.17) is 18.9 Å². The number of hydrogen-bond donors (Lipinski definition) is 1. The Balaban J connectivity index is 2.44. The lowest BCUT2D eigenvalue weighted by Crippen LogP contribution is -2.45. The van der Waals surface area contributed by atoms with Crippen molar-refractivity contribution in [3.8, 4) is 0 Å². The highest BCUT2D eigenvalue weighted by Crippen LogP contribution is 2.44. The first kappa shape index (κ1) is 23.0. The van der Waals surface area contributed by atoms with E-state index in [1.165, 1.54) is 5.57 Å². The summed E-state index contributed by atoms with van der Waals surface area (Å²) in [4.78, 5) is 0. The molecule has 1 heterocycles. The van der Waals surface area contributed by atoms with Crippen molar-refractivity contribution >= 4 is 0 Å². The summed E-state index contributed by atoms with van der Waals surface area (Å²) in [5, 5.41) is 10.4. The standard InChI is InChI=1S/C23H36O5/c1-15-10-11-18-19(9-8-12-23(3,4)27-7)21(25-5)28-22(26-6)20(18)16(2)14-17(24)13-15/h8-9,12-13,17-18,20-22,24H,2,10-11,14H2,1,3-7H3. The zero-order valence-corrected chi connectivity index (χ0v) is 18.1. The predicted octanol–water partition coefficient (Wildman–Crippen LogP) is 4.15. The summed E-state index contributed by atoms with van der Waals surface area (Å²) in [6.07, 6.45) is 8.86. The minimum absolute atomic E-state index is 0.0413. The second-order valence-corrected chi connectivity index (χ2v) is 8.25. The van der Waals surface area contributed by atoms with Crippen LogP contribution in [0.4, 0.5) is 0 Å². The fourth-order valence-corrected chi connectivity index (χ4v) is 3.99. The molecule has 0 spiro atoms. The molecule has 0 amide bonds. The number of fused-ring (bicyclic) bond motifs is 1. The van der Waals surface area contributed by atoms with E-state index in [1.54, 1.807) is 21.3 Å². The smallest absolute Gasteiger partial charge is 0.183 e. The summed E-state index contributed by atoms with van der Waals surface area (Å²) in [5.74, 6) is 0.112.